The van der Waals surface area contributed by atoms with E-state index in [1.807, 2.05) is 50.2 Å². The summed E-state index contributed by atoms with van der Waals surface area (Å²) < 4.78 is 26.9. The molecule has 1 amide bonds. The van der Waals surface area contributed by atoms with Gasteiger partial charge in [-0.05, 0) is 85.3 Å². The highest BCUT2D eigenvalue weighted by atomic mass is 32.2. The Morgan fingerprint density at radius 2 is 1.32 bits per heavy atom. The largest absolute Gasteiger partial charge is 0.322 e. The minimum absolute atomic E-state index is 0.163. The van der Waals surface area contributed by atoms with Crippen molar-refractivity contribution < 1.29 is 13.2 Å². The second-order valence-electron chi connectivity index (χ2n) is 8.04. The van der Waals surface area contributed by atoms with Crippen LogP contribution in [0.5, 0.6) is 0 Å². The van der Waals surface area contributed by atoms with Crippen LogP contribution >= 0.6 is 0 Å². The Hall–Kier alpha value is -2.96. The van der Waals surface area contributed by atoms with Gasteiger partial charge in [-0.15, -0.1) is 0 Å². The number of aryl methyl sites for hydroxylation is 2. The molecular formula is C25H26N2O3S. The minimum Gasteiger partial charge on any atom is -0.322 e. The molecule has 0 bridgehead atoms. The molecule has 31 heavy (non-hydrogen) atoms. The van der Waals surface area contributed by atoms with Gasteiger partial charge in [0.25, 0.3) is 5.91 Å². The Labute approximate surface area is 183 Å². The van der Waals surface area contributed by atoms with E-state index in [9.17, 15) is 13.2 Å². The monoisotopic (exact) mass is 434 g/mol. The van der Waals surface area contributed by atoms with Crippen LogP contribution in [-0.2, 0) is 10.0 Å². The van der Waals surface area contributed by atoms with Gasteiger partial charge in [0.15, 0.2) is 0 Å². The van der Waals surface area contributed by atoms with Crippen LogP contribution in [0, 0.1) is 13.8 Å². The summed E-state index contributed by atoms with van der Waals surface area (Å²) in [5, 5.41) is 2.94. The van der Waals surface area contributed by atoms with Gasteiger partial charge in [-0.1, -0.05) is 30.3 Å². The number of carbonyl (C=O) groups is 1. The molecule has 160 valence electrons. The molecule has 1 heterocycles. The summed E-state index contributed by atoms with van der Waals surface area (Å²) in [6.07, 6.45) is 1.83. The summed E-state index contributed by atoms with van der Waals surface area (Å²) in [5.74, 6) is -0.163. The third-order valence-electron chi connectivity index (χ3n) is 5.52. The van der Waals surface area contributed by atoms with Crippen molar-refractivity contribution in [1.82, 2.24) is 4.31 Å². The fourth-order valence-corrected chi connectivity index (χ4v) is 5.48. The molecule has 0 aromatic heterocycles. The molecule has 6 heteroatoms. The molecule has 5 nitrogen and oxygen atoms in total. The van der Waals surface area contributed by atoms with Crippen LogP contribution in [0.2, 0.25) is 0 Å². The Kier molecular flexibility index (Phi) is 5.94. The van der Waals surface area contributed by atoms with E-state index in [1.165, 1.54) is 0 Å². The van der Waals surface area contributed by atoms with Crippen molar-refractivity contribution in [3.63, 3.8) is 0 Å². The summed E-state index contributed by atoms with van der Waals surface area (Å²) in [6, 6.07) is 20.2. The smallest absolute Gasteiger partial charge is 0.255 e. The number of hydrogen-bond donors (Lipinski definition) is 1. The lowest BCUT2D eigenvalue weighted by Crippen LogP contribution is -2.27. The molecule has 1 fully saturated rings. The van der Waals surface area contributed by atoms with Crippen LogP contribution in [0.25, 0.3) is 11.1 Å². The average Bonchev–Trinajstić information content (AvgIpc) is 3.29. The SMILES string of the molecule is Cc1cc(C)cc(NC(=O)c2ccc(-c3ccc(S(=O)(=O)N4CCCC4)cc3)cc2)c1. The van der Waals surface area contributed by atoms with Crippen molar-refractivity contribution in [3.05, 3.63) is 83.4 Å². The summed E-state index contributed by atoms with van der Waals surface area (Å²) in [6.45, 7) is 5.18. The predicted molar refractivity (Wildman–Crippen MR) is 124 cm³/mol. The molecule has 3 aromatic rings. The third-order valence-corrected chi connectivity index (χ3v) is 7.43. The molecular weight excluding hydrogens is 408 g/mol. The van der Waals surface area contributed by atoms with Gasteiger partial charge in [0.2, 0.25) is 10.0 Å². The van der Waals surface area contributed by atoms with Crippen LogP contribution in [0.3, 0.4) is 0 Å². The molecule has 1 N–H and O–H groups in total. The molecule has 0 aliphatic carbocycles. The lowest BCUT2D eigenvalue weighted by atomic mass is 10.0. The van der Waals surface area contributed by atoms with Gasteiger partial charge in [0.05, 0.1) is 4.90 Å². The third kappa shape index (κ3) is 4.70. The Bertz CT molecular complexity index is 1170. The number of carbonyl (C=O) groups excluding carboxylic acids is 1. The summed E-state index contributed by atoms with van der Waals surface area (Å²) in [7, 11) is -3.41. The van der Waals surface area contributed by atoms with Crippen molar-refractivity contribution in [2.75, 3.05) is 18.4 Å². The maximum absolute atomic E-state index is 12.7. The van der Waals surface area contributed by atoms with Gasteiger partial charge >= 0.3 is 0 Å². The normalized spacial score (nSPS) is 14.5. The van der Waals surface area contributed by atoms with E-state index >= 15 is 0 Å². The Morgan fingerprint density at radius 1 is 0.806 bits per heavy atom. The minimum atomic E-state index is -3.41. The molecule has 1 aliphatic heterocycles. The van der Waals surface area contributed by atoms with E-state index in [4.69, 9.17) is 0 Å². The van der Waals surface area contributed by atoms with Crippen molar-refractivity contribution in [2.24, 2.45) is 0 Å². The first-order chi connectivity index (χ1) is 14.8. The zero-order valence-electron chi connectivity index (χ0n) is 17.8. The lowest BCUT2D eigenvalue weighted by molar-refractivity contribution is 0.102. The second-order valence-corrected chi connectivity index (χ2v) is 9.98. The van der Waals surface area contributed by atoms with Crippen LogP contribution in [0.15, 0.2) is 71.6 Å². The first-order valence-electron chi connectivity index (χ1n) is 10.4. The molecule has 0 unspecified atom stereocenters. The number of hydrogen-bond acceptors (Lipinski definition) is 3. The maximum atomic E-state index is 12.7. The van der Waals surface area contributed by atoms with E-state index in [2.05, 4.69) is 11.4 Å². The number of benzene rings is 3. The highest BCUT2D eigenvalue weighted by Crippen LogP contribution is 2.25. The standard InChI is InChI=1S/C25H26N2O3S/c1-18-15-19(2)17-23(16-18)26-25(28)22-7-5-20(6-8-22)21-9-11-24(12-10-21)31(29,30)27-13-3-4-14-27/h5-12,15-17H,3-4,13-14H2,1-2H3,(H,26,28). The van der Waals surface area contributed by atoms with Crippen molar-refractivity contribution in [2.45, 2.75) is 31.6 Å². The van der Waals surface area contributed by atoms with Gasteiger partial charge in [-0.3, -0.25) is 4.79 Å². The highest BCUT2D eigenvalue weighted by Gasteiger charge is 2.26. The fraction of sp³-hybridized carbons (Fsp3) is 0.240. The molecule has 0 spiro atoms. The lowest BCUT2D eigenvalue weighted by Gasteiger charge is -2.15. The Morgan fingerprint density at radius 3 is 1.87 bits per heavy atom. The van der Waals surface area contributed by atoms with E-state index in [-0.39, 0.29) is 5.91 Å². The number of anilines is 1. The van der Waals surface area contributed by atoms with Crippen molar-refractivity contribution >= 4 is 21.6 Å². The van der Waals surface area contributed by atoms with Gasteiger partial charge in [0, 0.05) is 24.3 Å². The first-order valence-corrected chi connectivity index (χ1v) is 11.9. The molecule has 0 radical (unpaired) electrons. The van der Waals surface area contributed by atoms with Crippen LogP contribution < -0.4 is 5.32 Å². The van der Waals surface area contributed by atoms with Crippen molar-refractivity contribution in [3.8, 4) is 11.1 Å². The van der Waals surface area contributed by atoms with E-state index < -0.39 is 10.0 Å². The molecule has 0 atom stereocenters. The number of sulfonamides is 1. The average molecular weight is 435 g/mol. The van der Waals surface area contributed by atoms with Crippen LogP contribution in [0.1, 0.15) is 34.3 Å². The van der Waals surface area contributed by atoms with Crippen LogP contribution in [-0.4, -0.2) is 31.7 Å². The molecule has 4 rings (SSSR count). The predicted octanol–water partition coefficient (Wildman–Crippen LogP) is 5.01. The Balaban J connectivity index is 1.48. The number of nitrogens with zero attached hydrogens (tertiary/aromatic N) is 1. The molecule has 1 aliphatic rings. The van der Waals surface area contributed by atoms with Gasteiger partial charge in [-0.2, -0.15) is 4.31 Å². The zero-order chi connectivity index (χ0) is 22.0. The van der Waals surface area contributed by atoms with E-state index in [0.717, 1.165) is 40.8 Å². The van der Waals surface area contributed by atoms with Gasteiger partial charge in [-0.25, -0.2) is 8.42 Å². The summed E-state index contributed by atoms with van der Waals surface area (Å²) in [5.41, 5.74) is 5.37. The fourth-order valence-electron chi connectivity index (χ4n) is 3.96. The molecule has 0 saturated carbocycles. The molecule has 3 aromatic carbocycles. The first kappa shape index (κ1) is 21.3. The highest BCUT2D eigenvalue weighted by molar-refractivity contribution is 7.89. The van der Waals surface area contributed by atoms with Gasteiger partial charge in [0.1, 0.15) is 0 Å². The zero-order valence-corrected chi connectivity index (χ0v) is 18.6. The number of nitrogens with one attached hydrogen (secondary N) is 1. The summed E-state index contributed by atoms with van der Waals surface area (Å²) in [4.78, 5) is 12.9. The topological polar surface area (TPSA) is 66.5 Å². The second kappa shape index (κ2) is 8.65. The van der Waals surface area contributed by atoms with Crippen molar-refractivity contribution in [1.29, 1.82) is 0 Å². The van der Waals surface area contributed by atoms with Crippen LogP contribution in [0.4, 0.5) is 5.69 Å². The van der Waals surface area contributed by atoms with Gasteiger partial charge < -0.3 is 5.32 Å². The van der Waals surface area contributed by atoms with E-state index in [0.29, 0.717) is 23.5 Å². The summed E-state index contributed by atoms with van der Waals surface area (Å²) >= 11 is 0. The van der Waals surface area contributed by atoms with E-state index in [1.54, 1.807) is 28.6 Å². The maximum Gasteiger partial charge on any atom is 0.255 e. The quantitative estimate of drug-likeness (QED) is 0.614. The number of rotatable bonds is 5. The number of amides is 1. The molecule has 1 saturated heterocycles.